The van der Waals surface area contributed by atoms with Crippen LogP contribution in [0.5, 0.6) is 0 Å². The molecule has 1 aromatic rings. The van der Waals surface area contributed by atoms with E-state index < -0.39 is 0 Å². The second kappa shape index (κ2) is 5.34. The van der Waals surface area contributed by atoms with Crippen molar-refractivity contribution in [2.75, 3.05) is 13.1 Å². The van der Waals surface area contributed by atoms with E-state index in [0.29, 0.717) is 0 Å². The maximum absolute atomic E-state index is 2.69. The van der Waals surface area contributed by atoms with E-state index in [1.165, 1.54) is 51.7 Å². The molecule has 3 rings (SSSR count). The fourth-order valence-corrected chi connectivity index (χ4v) is 4.99. The zero-order chi connectivity index (χ0) is 12.5. The Hall–Kier alpha value is -0.340. The van der Waals surface area contributed by atoms with Crippen molar-refractivity contribution in [2.45, 2.75) is 52.5 Å². The monoisotopic (exact) mass is 263 g/mol. The second-order valence-corrected chi connectivity index (χ2v) is 7.47. The van der Waals surface area contributed by atoms with Gasteiger partial charge in [0.2, 0.25) is 0 Å². The van der Waals surface area contributed by atoms with Crippen LogP contribution in [0.1, 0.15) is 49.1 Å². The first-order valence-electron chi connectivity index (χ1n) is 7.53. The zero-order valence-electron chi connectivity index (χ0n) is 11.7. The molecule has 1 aromatic heterocycles. The zero-order valence-corrected chi connectivity index (χ0v) is 12.6. The van der Waals surface area contributed by atoms with E-state index in [9.17, 15) is 0 Å². The van der Waals surface area contributed by atoms with Crippen LogP contribution >= 0.6 is 11.3 Å². The van der Waals surface area contributed by atoms with Crippen molar-refractivity contribution < 1.29 is 0 Å². The van der Waals surface area contributed by atoms with E-state index >= 15 is 0 Å². The minimum absolute atomic E-state index is 0.878. The van der Waals surface area contributed by atoms with E-state index in [1.54, 1.807) is 16.0 Å². The summed E-state index contributed by atoms with van der Waals surface area (Å²) in [5.41, 5.74) is 3.37. The van der Waals surface area contributed by atoms with Crippen LogP contribution in [0.4, 0.5) is 0 Å². The molecule has 0 bridgehead atoms. The summed E-state index contributed by atoms with van der Waals surface area (Å²) in [6.07, 6.45) is 6.91. The predicted octanol–water partition coefficient (Wildman–Crippen LogP) is 4.10. The van der Waals surface area contributed by atoms with Crippen molar-refractivity contribution in [3.63, 3.8) is 0 Å². The van der Waals surface area contributed by atoms with Crippen molar-refractivity contribution >= 4 is 11.3 Å². The molecule has 2 aliphatic rings. The number of hydrogen-bond donors (Lipinski definition) is 0. The first kappa shape index (κ1) is 12.7. The quantitative estimate of drug-likeness (QED) is 0.776. The fraction of sp³-hybridized carbons (Fsp3) is 0.750. The molecule has 0 aromatic carbocycles. The minimum Gasteiger partial charge on any atom is -0.299 e. The van der Waals surface area contributed by atoms with E-state index in [2.05, 4.69) is 24.1 Å². The van der Waals surface area contributed by atoms with E-state index in [4.69, 9.17) is 0 Å². The number of piperidine rings is 1. The highest BCUT2D eigenvalue weighted by molar-refractivity contribution is 7.10. The Bertz CT molecular complexity index is 399. The molecule has 1 fully saturated rings. The van der Waals surface area contributed by atoms with Gasteiger partial charge in [-0.3, -0.25) is 4.90 Å². The van der Waals surface area contributed by atoms with E-state index in [0.717, 1.165) is 11.8 Å². The fourth-order valence-electron chi connectivity index (χ4n) is 3.86. The molecule has 0 unspecified atom stereocenters. The summed E-state index contributed by atoms with van der Waals surface area (Å²) in [6, 6.07) is 0. The lowest BCUT2D eigenvalue weighted by atomic mass is 9.91. The van der Waals surface area contributed by atoms with Gasteiger partial charge in [-0.25, -0.2) is 0 Å². The lowest BCUT2D eigenvalue weighted by molar-refractivity contribution is 0.134. The second-order valence-electron chi connectivity index (χ2n) is 6.51. The largest absolute Gasteiger partial charge is 0.299 e. The molecule has 1 saturated heterocycles. The molecule has 0 N–H and O–H groups in total. The number of thiophene rings is 1. The number of aryl methyl sites for hydroxylation is 1. The lowest BCUT2D eigenvalue weighted by Gasteiger charge is -2.35. The van der Waals surface area contributed by atoms with Gasteiger partial charge < -0.3 is 0 Å². The van der Waals surface area contributed by atoms with Crippen LogP contribution in [-0.2, 0) is 19.4 Å². The van der Waals surface area contributed by atoms with Gasteiger partial charge in [0.1, 0.15) is 0 Å². The molecule has 18 heavy (non-hydrogen) atoms. The van der Waals surface area contributed by atoms with Gasteiger partial charge in [0.25, 0.3) is 0 Å². The maximum Gasteiger partial charge on any atom is 0.0245 e. The normalized spacial score (nSPS) is 29.2. The Kier molecular flexibility index (Phi) is 3.76. The first-order chi connectivity index (χ1) is 8.72. The molecule has 100 valence electrons. The van der Waals surface area contributed by atoms with Gasteiger partial charge in [-0.15, -0.1) is 11.3 Å². The molecule has 1 nitrogen and oxygen atoms in total. The maximum atomic E-state index is 2.69. The molecule has 2 atom stereocenters. The summed E-state index contributed by atoms with van der Waals surface area (Å²) in [6.45, 7) is 8.63. The molecule has 1 aliphatic carbocycles. The Labute approximate surface area is 115 Å². The highest BCUT2D eigenvalue weighted by Crippen LogP contribution is 2.32. The molecule has 2 heterocycles. The van der Waals surface area contributed by atoms with Crippen LogP contribution in [0.3, 0.4) is 0 Å². The Morgan fingerprint density at radius 2 is 1.89 bits per heavy atom. The van der Waals surface area contributed by atoms with Crippen molar-refractivity contribution in [3.05, 3.63) is 21.4 Å². The van der Waals surface area contributed by atoms with Crippen LogP contribution in [0.2, 0.25) is 0 Å². The highest BCUT2D eigenvalue weighted by Gasteiger charge is 2.23. The summed E-state index contributed by atoms with van der Waals surface area (Å²) < 4.78 is 0. The molecule has 1 aliphatic heterocycles. The van der Waals surface area contributed by atoms with Gasteiger partial charge in [0.05, 0.1) is 0 Å². The average molecular weight is 263 g/mol. The minimum atomic E-state index is 0.878. The summed E-state index contributed by atoms with van der Waals surface area (Å²) in [5.74, 6) is 1.76. The number of fused-ring (bicyclic) bond motifs is 1. The Balaban J connectivity index is 1.70. The number of likely N-dealkylation sites (tertiary alicyclic amines) is 1. The summed E-state index contributed by atoms with van der Waals surface area (Å²) in [5, 5.41) is 2.44. The van der Waals surface area contributed by atoms with Crippen LogP contribution in [0.25, 0.3) is 0 Å². The number of rotatable bonds is 2. The Morgan fingerprint density at radius 1 is 1.17 bits per heavy atom. The van der Waals surface area contributed by atoms with Gasteiger partial charge in [0.15, 0.2) is 0 Å². The van der Waals surface area contributed by atoms with Gasteiger partial charge in [0, 0.05) is 24.5 Å². The smallest absolute Gasteiger partial charge is 0.0245 e. The number of hydrogen-bond acceptors (Lipinski definition) is 2. The van der Waals surface area contributed by atoms with Crippen molar-refractivity contribution in [3.8, 4) is 0 Å². The molecule has 0 spiro atoms. The average Bonchev–Trinajstić information content (AvgIpc) is 2.72. The molecule has 0 amide bonds. The topological polar surface area (TPSA) is 3.24 Å². The van der Waals surface area contributed by atoms with Crippen LogP contribution < -0.4 is 0 Å². The van der Waals surface area contributed by atoms with Gasteiger partial charge >= 0.3 is 0 Å². The number of nitrogens with zero attached hydrogens (tertiary/aromatic N) is 1. The molecule has 0 saturated carbocycles. The highest BCUT2D eigenvalue weighted by atomic mass is 32.1. The predicted molar refractivity (Wildman–Crippen MR) is 79.2 cm³/mol. The van der Waals surface area contributed by atoms with E-state index in [-0.39, 0.29) is 0 Å². The molecular weight excluding hydrogens is 238 g/mol. The molecular formula is C16H25NS. The van der Waals surface area contributed by atoms with E-state index in [1.807, 2.05) is 11.3 Å². The third-order valence-corrected chi connectivity index (χ3v) is 5.62. The standard InChI is InChI=1S/C16H25NS/c1-12-7-13(2)9-17(8-12)10-14-11-18-16-6-4-3-5-15(14)16/h11-13H,3-10H2,1-2H3/t12-,13-/m0/s1. The van der Waals surface area contributed by atoms with Crippen LogP contribution in [0, 0.1) is 11.8 Å². The van der Waals surface area contributed by atoms with Crippen molar-refractivity contribution in [1.82, 2.24) is 4.90 Å². The van der Waals surface area contributed by atoms with Gasteiger partial charge in [-0.05, 0) is 60.4 Å². The van der Waals surface area contributed by atoms with Gasteiger partial charge in [-0.1, -0.05) is 13.8 Å². The third kappa shape index (κ3) is 2.65. The van der Waals surface area contributed by atoms with Crippen LogP contribution in [0.15, 0.2) is 5.38 Å². The van der Waals surface area contributed by atoms with Gasteiger partial charge in [-0.2, -0.15) is 0 Å². The molecule has 0 radical (unpaired) electrons. The lowest BCUT2D eigenvalue weighted by Crippen LogP contribution is -2.38. The SMILES string of the molecule is C[C@H]1C[C@H](C)CN(Cc2csc3c2CCCC3)C1. The van der Waals surface area contributed by atoms with Crippen molar-refractivity contribution in [2.24, 2.45) is 11.8 Å². The Morgan fingerprint density at radius 3 is 2.67 bits per heavy atom. The first-order valence-corrected chi connectivity index (χ1v) is 8.41. The van der Waals surface area contributed by atoms with Crippen LogP contribution in [-0.4, -0.2) is 18.0 Å². The third-order valence-electron chi connectivity index (χ3n) is 4.49. The summed E-state index contributed by atoms with van der Waals surface area (Å²) >= 11 is 2.02. The van der Waals surface area contributed by atoms with Crippen molar-refractivity contribution in [1.29, 1.82) is 0 Å². The summed E-state index contributed by atoms with van der Waals surface area (Å²) in [7, 11) is 0. The molecule has 2 heteroatoms. The summed E-state index contributed by atoms with van der Waals surface area (Å²) in [4.78, 5) is 4.38.